The first kappa shape index (κ1) is 18.7. The van der Waals surface area contributed by atoms with Crippen molar-refractivity contribution in [3.8, 4) is 5.75 Å². The fourth-order valence-electron chi connectivity index (χ4n) is 3.84. The fourth-order valence-corrected chi connectivity index (χ4v) is 3.84. The van der Waals surface area contributed by atoms with Crippen molar-refractivity contribution in [2.24, 2.45) is 0 Å². The van der Waals surface area contributed by atoms with Crippen molar-refractivity contribution >= 4 is 11.8 Å². The first-order valence-electron chi connectivity index (χ1n) is 9.51. The highest BCUT2D eigenvalue weighted by Crippen LogP contribution is 2.35. The molecular weight excluding hydrogens is 330 g/mol. The molecule has 0 atom stereocenters. The zero-order valence-electron chi connectivity index (χ0n) is 16.0. The van der Waals surface area contributed by atoms with E-state index in [1.807, 2.05) is 32.0 Å². The first-order chi connectivity index (χ1) is 12.5. The highest BCUT2D eigenvalue weighted by atomic mass is 16.5. The van der Waals surface area contributed by atoms with E-state index in [4.69, 9.17) is 4.74 Å². The topological polar surface area (TPSA) is 53.1 Å². The van der Waals surface area contributed by atoms with Gasteiger partial charge in [-0.2, -0.15) is 0 Å². The Bertz CT molecular complexity index is 664. The highest BCUT2D eigenvalue weighted by molar-refractivity contribution is 5.99. The van der Waals surface area contributed by atoms with Gasteiger partial charge in [0, 0.05) is 39.0 Å². The fraction of sp³-hybridized carbons (Fsp3) is 0.600. The van der Waals surface area contributed by atoms with Gasteiger partial charge in [-0.1, -0.05) is 12.1 Å². The molecule has 2 aliphatic heterocycles. The monoisotopic (exact) mass is 359 g/mol. The quantitative estimate of drug-likeness (QED) is 0.823. The van der Waals surface area contributed by atoms with Gasteiger partial charge in [0.25, 0.3) is 5.91 Å². The Balaban J connectivity index is 1.90. The zero-order chi connectivity index (χ0) is 18.7. The lowest BCUT2D eigenvalue weighted by Crippen LogP contribution is -2.55. The van der Waals surface area contributed by atoms with E-state index in [0.29, 0.717) is 30.9 Å². The number of nitrogens with zero attached hydrogens (tertiary/aromatic N) is 3. The summed E-state index contributed by atoms with van der Waals surface area (Å²) in [5.74, 6) is 0.516. The predicted molar refractivity (Wildman–Crippen MR) is 100 cm³/mol. The van der Waals surface area contributed by atoms with Crippen LogP contribution in [0.3, 0.4) is 0 Å². The van der Waals surface area contributed by atoms with Crippen LogP contribution in [0.5, 0.6) is 5.75 Å². The third kappa shape index (κ3) is 3.70. The Morgan fingerprint density at radius 1 is 1.19 bits per heavy atom. The minimum absolute atomic E-state index is 0.00851. The minimum atomic E-state index is -0.418. The van der Waals surface area contributed by atoms with Gasteiger partial charge < -0.3 is 19.4 Å². The van der Waals surface area contributed by atoms with Gasteiger partial charge in [-0.15, -0.1) is 0 Å². The maximum Gasteiger partial charge on any atom is 0.258 e. The Morgan fingerprint density at radius 3 is 2.50 bits per heavy atom. The van der Waals surface area contributed by atoms with E-state index < -0.39 is 5.60 Å². The molecule has 1 fully saturated rings. The molecular formula is C20H29N3O3. The molecule has 1 aromatic rings. The SMILES string of the molecule is CCN(CC)C(=O)CN1CC2(CCN(C)CC2)Oc2ccccc2C1=O. The average Bonchev–Trinajstić information content (AvgIpc) is 2.75. The van der Waals surface area contributed by atoms with Crippen LogP contribution >= 0.6 is 0 Å². The van der Waals surface area contributed by atoms with Crippen LogP contribution in [0.25, 0.3) is 0 Å². The van der Waals surface area contributed by atoms with Crippen molar-refractivity contribution in [1.82, 2.24) is 14.7 Å². The summed E-state index contributed by atoms with van der Waals surface area (Å²) in [7, 11) is 2.10. The number of carbonyl (C=O) groups excluding carboxylic acids is 2. The minimum Gasteiger partial charge on any atom is -0.484 e. The van der Waals surface area contributed by atoms with Crippen molar-refractivity contribution in [2.75, 3.05) is 46.3 Å². The summed E-state index contributed by atoms with van der Waals surface area (Å²) in [6.07, 6.45) is 1.70. The number of likely N-dealkylation sites (N-methyl/N-ethyl adjacent to an activating group) is 1. The molecule has 26 heavy (non-hydrogen) atoms. The highest BCUT2D eigenvalue weighted by Gasteiger charge is 2.42. The number of amides is 2. The van der Waals surface area contributed by atoms with Gasteiger partial charge in [0.2, 0.25) is 5.91 Å². The maximum atomic E-state index is 13.1. The number of hydrogen-bond donors (Lipinski definition) is 0. The van der Waals surface area contributed by atoms with Crippen LogP contribution in [0.15, 0.2) is 24.3 Å². The van der Waals surface area contributed by atoms with Crippen molar-refractivity contribution in [1.29, 1.82) is 0 Å². The van der Waals surface area contributed by atoms with E-state index in [9.17, 15) is 9.59 Å². The van der Waals surface area contributed by atoms with Crippen LogP contribution in [0, 0.1) is 0 Å². The lowest BCUT2D eigenvalue weighted by Gasteiger charge is -2.41. The number of piperidine rings is 1. The van der Waals surface area contributed by atoms with Crippen LogP contribution in [0.1, 0.15) is 37.0 Å². The summed E-state index contributed by atoms with van der Waals surface area (Å²) < 4.78 is 6.42. The van der Waals surface area contributed by atoms with Crippen LogP contribution in [0.2, 0.25) is 0 Å². The molecule has 2 heterocycles. The van der Waals surface area contributed by atoms with E-state index in [1.165, 1.54) is 0 Å². The Kier molecular flexibility index (Phi) is 5.51. The van der Waals surface area contributed by atoms with Crippen LogP contribution in [-0.4, -0.2) is 78.4 Å². The second-order valence-corrected chi connectivity index (χ2v) is 7.31. The summed E-state index contributed by atoms with van der Waals surface area (Å²) in [6.45, 7) is 7.64. The molecule has 0 radical (unpaired) electrons. The van der Waals surface area contributed by atoms with Crippen LogP contribution < -0.4 is 4.74 Å². The molecule has 1 saturated heterocycles. The molecule has 3 rings (SSSR count). The molecule has 6 nitrogen and oxygen atoms in total. The van der Waals surface area contributed by atoms with Gasteiger partial charge in [-0.3, -0.25) is 9.59 Å². The van der Waals surface area contributed by atoms with E-state index >= 15 is 0 Å². The van der Waals surface area contributed by atoms with Gasteiger partial charge in [-0.25, -0.2) is 0 Å². The maximum absolute atomic E-state index is 13.1. The van der Waals surface area contributed by atoms with Gasteiger partial charge in [0.15, 0.2) is 0 Å². The molecule has 0 aromatic heterocycles. The molecule has 6 heteroatoms. The number of carbonyl (C=O) groups is 2. The lowest BCUT2D eigenvalue weighted by molar-refractivity contribution is -0.132. The van der Waals surface area contributed by atoms with Crippen molar-refractivity contribution in [3.05, 3.63) is 29.8 Å². The molecule has 1 spiro atoms. The largest absolute Gasteiger partial charge is 0.484 e. The summed E-state index contributed by atoms with van der Waals surface area (Å²) in [4.78, 5) is 31.5. The molecule has 0 N–H and O–H groups in total. The number of para-hydroxylation sites is 1. The molecule has 1 aromatic carbocycles. The standard InChI is InChI=1S/C20H29N3O3/c1-4-22(5-2)18(24)14-23-15-20(10-12-21(3)13-11-20)26-17-9-7-6-8-16(17)19(23)25/h6-9H,4-5,10-15H2,1-3H3. The van der Waals surface area contributed by atoms with Crippen molar-refractivity contribution in [3.63, 3.8) is 0 Å². The summed E-state index contributed by atoms with van der Waals surface area (Å²) in [5.41, 5.74) is 0.133. The zero-order valence-corrected chi connectivity index (χ0v) is 16.0. The first-order valence-corrected chi connectivity index (χ1v) is 9.51. The third-order valence-corrected chi connectivity index (χ3v) is 5.55. The molecule has 142 valence electrons. The van der Waals surface area contributed by atoms with Crippen LogP contribution in [0.4, 0.5) is 0 Å². The lowest BCUT2D eigenvalue weighted by atomic mass is 9.90. The number of rotatable bonds is 4. The van der Waals surface area contributed by atoms with Gasteiger partial charge in [-0.05, 0) is 33.0 Å². The predicted octanol–water partition coefficient (Wildman–Crippen LogP) is 1.85. The third-order valence-electron chi connectivity index (χ3n) is 5.55. The van der Waals surface area contributed by atoms with Crippen LogP contribution in [-0.2, 0) is 4.79 Å². The number of fused-ring (bicyclic) bond motifs is 1. The summed E-state index contributed by atoms with van der Waals surface area (Å²) >= 11 is 0. The molecule has 0 saturated carbocycles. The van der Waals surface area contributed by atoms with Crippen molar-refractivity contribution < 1.29 is 14.3 Å². The summed E-state index contributed by atoms with van der Waals surface area (Å²) in [5, 5.41) is 0. The molecule has 0 unspecified atom stereocenters. The van der Waals surface area contributed by atoms with E-state index in [2.05, 4.69) is 11.9 Å². The number of benzene rings is 1. The second kappa shape index (κ2) is 7.66. The molecule has 2 aliphatic rings. The molecule has 0 bridgehead atoms. The Hall–Kier alpha value is -2.08. The van der Waals surface area contributed by atoms with Crippen molar-refractivity contribution in [2.45, 2.75) is 32.3 Å². The average molecular weight is 359 g/mol. The normalized spacial score (nSPS) is 19.7. The number of likely N-dealkylation sites (tertiary alicyclic amines) is 1. The van der Waals surface area contributed by atoms with Gasteiger partial charge >= 0.3 is 0 Å². The number of hydrogen-bond acceptors (Lipinski definition) is 4. The smallest absolute Gasteiger partial charge is 0.258 e. The number of ether oxygens (including phenoxy) is 1. The van der Waals surface area contributed by atoms with Gasteiger partial charge in [0.05, 0.1) is 12.1 Å². The Morgan fingerprint density at radius 2 is 1.85 bits per heavy atom. The molecule has 2 amide bonds. The second-order valence-electron chi connectivity index (χ2n) is 7.31. The van der Waals surface area contributed by atoms with E-state index in [0.717, 1.165) is 25.9 Å². The molecule has 0 aliphatic carbocycles. The van der Waals surface area contributed by atoms with E-state index in [-0.39, 0.29) is 18.4 Å². The summed E-state index contributed by atoms with van der Waals surface area (Å²) in [6, 6.07) is 7.39. The van der Waals surface area contributed by atoms with E-state index in [1.54, 1.807) is 15.9 Å². The van der Waals surface area contributed by atoms with Gasteiger partial charge in [0.1, 0.15) is 17.9 Å². The Labute approximate surface area is 155 Å².